The quantitative estimate of drug-likeness (QED) is 0.566. The molecule has 1 rings (SSSR count). The van der Waals surface area contributed by atoms with Crippen LogP contribution in [0.2, 0.25) is 0 Å². The fraction of sp³-hybridized carbons (Fsp3) is 0. The number of rotatable bonds is 2. The summed E-state index contributed by atoms with van der Waals surface area (Å²) >= 11 is 0. The second kappa shape index (κ2) is 2.92. The summed E-state index contributed by atoms with van der Waals surface area (Å²) in [6, 6.07) is 3.51. The smallest absolute Gasteiger partial charge is 0.233 e. The van der Waals surface area contributed by atoms with Crippen molar-refractivity contribution in [2.75, 3.05) is 0 Å². The van der Waals surface area contributed by atoms with E-state index in [1.54, 1.807) is 30.8 Å². The average molecular weight is 132 g/mol. The summed E-state index contributed by atoms with van der Waals surface area (Å²) in [6.07, 6.45) is 4.91. The molecule has 1 heterocycles. The standard InChI is InChI=1S/C8H6NO/c1-7(6-10)8-3-2-4-9-5-8/h2-5H,1H2. The monoisotopic (exact) mass is 132 g/mol. The van der Waals surface area contributed by atoms with E-state index < -0.39 is 0 Å². The van der Waals surface area contributed by atoms with E-state index in [2.05, 4.69) is 11.6 Å². The summed E-state index contributed by atoms with van der Waals surface area (Å²) < 4.78 is 0. The van der Waals surface area contributed by atoms with Crippen LogP contribution in [0.4, 0.5) is 0 Å². The van der Waals surface area contributed by atoms with Crippen LogP contribution in [0, 0.1) is 0 Å². The van der Waals surface area contributed by atoms with Crippen molar-refractivity contribution in [2.45, 2.75) is 0 Å². The molecule has 0 saturated heterocycles. The van der Waals surface area contributed by atoms with E-state index in [0.717, 1.165) is 5.56 Å². The van der Waals surface area contributed by atoms with Crippen molar-refractivity contribution >= 4 is 11.9 Å². The summed E-state index contributed by atoms with van der Waals surface area (Å²) in [5.41, 5.74) is 1.06. The van der Waals surface area contributed by atoms with Gasteiger partial charge in [0.05, 0.1) is 0 Å². The van der Waals surface area contributed by atoms with Gasteiger partial charge in [-0.2, -0.15) is 0 Å². The minimum atomic E-state index is 0.341. The van der Waals surface area contributed by atoms with Crippen molar-refractivity contribution in [3.8, 4) is 0 Å². The Bertz CT molecular complexity index is 241. The molecule has 49 valence electrons. The number of hydrogen-bond donors (Lipinski definition) is 0. The van der Waals surface area contributed by atoms with Crippen LogP contribution in [0.5, 0.6) is 0 Å². The Morgan fingerprint density at radius 2 is 2.50 bits per heavy atom. The number of aromatic nitrogens is 1. The summed E-state index contributed by atoms with van der Waals surface area (Å²) in [6.45, 7) is 3.48. The highest BCUT2D eigenvalue weighted by atomic mass is 16.1. The van der Waals surface area contributed by atoms with Gasteiger partial charge in [0.1, 0.15) is 0 Å². The van der Waals surface area contributed by atoms with Gasteiger partial charge in [0.2, 0.25) is 6.29 Å². The number of nitrogens with zero attached hydrogens (tertiary/aromatic N) is 1. The van der Waals surface area contributed by atoms with E-state index in [-0.39, 0.29) is 0 Å². The normalized spacial score (nSPS) is 8.80. The van der Waals surface area contributed by atoms with E-state index >= 15 is 0 Å². The maximum Gasteiger partial charge on any atom is 0.233 e. The molecule has 0 aliphatic rings. The largest absolute Gasteiger partial charge is 0.285 e. The molecule has 0 N–H and O–H groups in total. The first-order chi connectivity index (χ1) is 4.84. The van der Waals surface area contributed by atoms with Crippen LogP contribution < -0.4 is 0 Å². The number of allylic oxidation sites excluding steroid dienone is 1. The molecule has 0 aromatic carbocycles. The third-order valence-corrected chi connectivity index (χ3v) is 1.13. The van der Waals surface area contributed by atoms with Crippen molar-refractivity contribution in [3.05, 3.63) is 36.7 Å². The topological polar surface area (TPSA) is 30.0 Å². The van der Waals surface area contributed by atoms with Crippen LogP contribution in [0.15, 0.2) is 31.1 Å². The van der Waals surface area contributed by atoms with Crippen LogP contribution in [-0.2, 0) is 4.79 Å². The highest BCUT2D eigenvalue weighted by Crippen LogP contribution is 2.05. The van der Waals surface area contributed by atoms with Crippen molar-refractivity contribution in [2.24, 2.45) is 0 Å². The summed E-state index contributed by atoms with van der Waals surface area (Å²) in [5.74, 6) is 0. The van der Waals surface area contributed by atoms with Crippen LogP contribution >= 0.6 is 0 Å². The van der Waals surface area contributed by atoms with Gasteiger partial charge in [-0.15, -0.1) is 0 Å². The molecular formula is C8H6NO. The van der Waals surface area contributed by atoms with Crippen molar-refractivity contribution in [1.82, 2.24) is 4.98 Å². The van der Waals surface area contributed by atoms with Crippen LogP contribution in [-0.4, -0.2) is 11.3 Å². The van der Waals surface area contributed by atoms with Gasteiger partial charge < -0.3 is 0 Å². The zero-order chi connectivity index (χ0) is 7.40. The first-order valence-corrected chi connectivity index (χ1v) is 2.82. The summed E-state index contributed by atoms with van der Waals surface area (Å²) in [4.78, 5) is 13.9. The van der Waals surface area contributed by atoms with Crippen molar-refractivity contribution in [1.29, 1.82) is 0 Å². The molecule has 2 heteroatoms. The Labute approximate surface area is 59.2 Å². The van der Waals surface area contributed by atoms with Crippen molar-refractivity contribution < 1.29 is 4.79 Å². The summed E-state index contributed by atoms with van der Waals surface area (Å²) in [5, 5.41) is 0. The van der Waals surface area contributed by atoms with Gasteiger partial charge in [-0.1, -0.05) is 12.6 Å². The van der Waals surface area contributed by atoms with Crippen LogP contribution in [0.25, 0.3) is 5.57 Å². The van der Waals surface area contributed by atoms with E-state index in [1.165, 1.54) is 0 Å². The fourth-order valence-electron chi connectivity index (χ4n) is 0.600. The predicted octanol–water partition coefficient (Wildman–Crippen LogP) is 1.20. The Morgan fingerprint density at radius 1 is 1.70 bits per heavy atom. The van der Waals surface area contributed by atoms with Gasteiger partial charge in [0, 0.05) is 23.5 Å². The molecular weight excluding hydrogens is 126 g/mol. The first kappa shape index (κ1) is 6.68. The molecule has 0 saturated carbocycles. The molecule has 1 aromatic heterocycles. The third kappa shape index (κ3) is 1.29. The average Bonchev–Trinajstić information content (AvgIpc) is 2.05. The molecule has 0 amide bonds. The van der Waals surface area contributed by atoms with E-state index in [0.29, 0.717) is 5.57 Å². The van der Waals surface area contributed by atoms with Gasteiger partial charge in [-0.05, 0) is 6.07 Å². The maximum atomic E-state index is 10.1. The predicted molar refractivity (Wildman–Crippen MR) is 39.0 cm³/mol. The Morgan fingerprint density at radius 3 is 3.00 bits per heavy atom. The molecule has 10 heavy (non-hydrogen) atoms. The lowest BCUT2D eigenvalue weighted by Crippen LogP contribution is -1.82. The maximum absolute atomic E-state index is 10.1. The Kier molecular flexibility index (Phi) is 1.95. The molecule has 0 bridgehead atoms. The second-order valence-electron chi connectivity index (χ2n) is 1.82. The van der Waals surface area contributed by atoms with Gasteiger partial charge >= 0.3 is 0 Å². The van der Waals surface area contributed by atoms with Gasteiger partial charge in [-0.25, -0.2) is 0 Å². The van der Waals surface area contributed by atoms with Gasteiger partial charge in [0.25, 0.3) is 0 Å². The minimum Gasteiger partial charge on any atom is -0.285 e. The lowest BCUT2D eigenvalue weighted by Gasteiger charge is -1.92. The highest BCUT2D eigenvalue weighted by Gasteiger charge is 1.94. The van der Waals surface area contributed by atoms with Crippen molar-refractivity contribution in [3.63, 3.8) is 0 Å². The number of hydrogen-bond acceptors (Lipinski definition) is 2. The van der Waals surface area contributed by atoms with Gasteiger partial charge in [-0.3, -0.25) is 9.78 Å². The molecule has 0 spiro atoms. The molecule has 0 unspecified atom stereocenters. The molecule has 1 radical (unpaired) electrons. The minimum absolute atomic E-state index is 0.341. The lowest BCUT2D eigenvalue weighted by atomic mass is 10.1. The summed E-state index contributed by atoms with van der Waals surface area (Å²) in [7, 11) is 0. The molecule has 0 aliphatic carbocycles. The Balaban J connectivity index is 2.95. The molecule has 1 aromatic rings. The molecule has 0 atom stereocenters. The van der Waals surface area contributed by atoms with Crippen LogP contribution in [0.1, 0.15) is 5.56 Å². The van der Waals surface area contributed by atoms with Gasteiger partial charge in [0.15, 0.2) is 0 Å². The zero-order valence-corrected chi connectivity index (χ0v) is 5.37. The lowest BCUT2D eigenvalue weighted by molar-refractivity contribution is 0.565. The zero-order valence-electron chi connectivity index (χ0n) is 5.37. The van der Waals surface area contributed by atoms with E-state index in [9.17, 15) is 4.79 Å². The van der Waals surface area contributed by atoms with Crippen LogP contribution in [0.3, 0.4) is 0 Å². The Hall–Kier alpha value is -1.44. The highest BCUT2D eigenvalue weighted by molar-refractivity contribution is 6.05. The first-order valence-electron chi connectivity index (χ1n) is 2.82. The molecule has 0 fully saturated rings. The third-order valence-electron chi connectivity index (χ3n) is 1.13. The fourth-order valence-corrected chi connectivity index (χ4v) is 0.600. The van der Waals surface area contributed by atoms with E-state index in [4.69, 9.17) is 0 Å². The number of carbonyl (C=O) groups excluding carboxylic acids is 1. The molecule has 2 nitrogen and oxygen atoms in total. The number of pyridine rings is 1. The molecule has 0 aliphatic heterocycles. The van der Waals surface area contributed by atoms with E-state index in [1.807, 2.05) is 0 Å². The SMILES string of the molecule is C=C([C]=O)c1cccnc1. The second-order valence-corrected chi connectivity index (χ2v) is 1.82.